The summed E-state index contributed by atoms with van der Waals surface area (Å²) < 4.78 is 0. The third kappa shape index (κ3) is 3.43. The molecule has 138 valence electrons. The first-order chi connectivity index (χ1) is 13.6. The van der Waals surface area contributed by atoms with Gasteiger partial charge in [0.25, 0.3) is 0 Å². The number of pyridine rings is 1. The van der Waals surface area contributed by atoms with Crippen molar-refractivity contribution in [3.8, 4) is 0 Å². The van der Waals surface area contributed by atoms with E-state index in [-0.39, 0.29) is 17.3 Å². The van der Waals surface area contributed by atoms with Crippen molar-refractivity contribution in [3.63, 3.8) is 0 Å². The Kier molecular flexibility index (Phi) is 4.51. The number of fused-ring (bicyclic) bond motifs is 1. The Morgan fingerprint density at radius 1 is 0.929 bits per heavy atom. The molecule has 8 heteroatoms. The molecule has 0 saturated heterocycles. The number of hydrogen-bond acceptors (Lipinski definition) is 7. The van der Waals surface area contributed by atoms with E-state index in [9.17, 15) is 10.1 Å². The number of aryl methyl sites for hydroxylation is 1. The van der Waals surface area contributed by atoms with Gasteiger partial charge in [0.2, 0.25) is 11.6 Å². The monoisotopic (exact) mass is 372 g/mol. The minimum Gasteiger partial charge on any atom is -0.334 e. The maximum atomic E-state index is 11.8. The summed E-state index contributed by atoms with van der Waals surface area (Å²) in [5.74, 6) is 0.220. The number of rotatable bonds is 5. The molecule has 0 aliphatic heterocycles. The standard InChI is InChI=1S/C20H16N6O2/c1-13-5-2-6-14(11-13)24-19-18(26(27)28)20(23-12-22-19)25-17-9-3-8-16-15(17)7-4-10-21-16/h2-12H,1H3,(H2,22,23,24,25). The molecule has 0 saturated carbocycles. The quantitative estimate of drug-likeness (QED) is 0.385. The van der Waals surface area contributed by atoms with Crippen LogP contribution in [0.4, 0.5) is 28.7 Å². The summed E-state index contributed by atoms with van der Waals surface area (Å²) in [6, 6.07) is 16.8. The average molecular weight is 372 g/mol. The molecule has 2 aromatic heterocycles. The van der Waals surface area contributed by atoms with E-state index in [0.717, 1.165) is 16.5 Å². The molecule has 0 unspecified atom stereocenters. The molecule has 28 heavy (non-hydrogen) atoms. The van der Waals surface area contributed by atoms with Gasteiger partial charge < -0.3 is 10.6 Å². The van der Waals surface area contributed by atoms with Crippen molar-refractivity contribution in [3.05, 3.63) is 82.8 Å². The van der Waals surface area contributed by atoms with Crippen LogP contribution in [0.2, 0.25) is 0 Å². The summed E-state index contributed by atoms with van der Waals surface area (Å²) in [6.07, 6.45) is 2.99. The second-order valence-corrected chi connectivity index (χ2v) is 6.17. The highest BCUT2D eigenvalue weighted by molar-refractivity contribution is 5.93. The van der Waals surface area contributed by atoms with Gasteiger partial charge in [-0.1, -0.05) is 18.2 Å². The first kappa shape index (κ1) is 17.3. The van der Waals surface area contributed by atoms with Crippen LogP contribution in [0.15, 0.2) is 67.1 Å². The number of anilines is 4. The number of benzene rings is 2. The van der Waals surface area contributed by atoms with Crippen molar-refractivity contribution in [2.24, 2.45) is 0 Å². The molecule has 0 fully saturated rings. The van der Waals surface area contributed by atoms with Crippen molar-refractivity contribution >= 4 is 39.6 Å². The van der Waals surface area contributed by atoms with Crippen LogP contribution in [-0.4, -0.2) is 19.9 Å². The largest absolute Gasteiger partial charge is 0.353 e. The van der Waals surface area contributed by atoms with Crippen LogP contribution in [-0.2, 0) is 0 Å². The van der Waals surface area contributed by atoms with Crippen LogP contribution in [0.3, 0.4) is 0 Å². The van der Waals surface area contributed by atoms with Crippen LogP contribution < -0.4 is 10.6 Å². The van der Waals surface area contributed by atoms with Crippen LogP contribution >= 0.6 is 0 Å². The maximum Gasteiger partial charge on any atom is 0.353 e. The fourth-order valence-electron chi connectivity index (χ4n) is 2.93. The zero-order chi connectivity index (χ0) is 19.5. The molecular formula is C20H16N6O2. The predicted molar refractivity (Wildman–Crippen MR) is 108 cm³/mol. The van der Waals surface area contributed by atoms with Crippen molar-refractivity contribution in [2.75, 3.05) is 10.6 Å². The first-order valence-corrected chi connectivity index (χ1v) is 8.55. The third-order valence-electron chi connectivity index (χ3n) is 4.18. The Morgan fingerprint density at radius 3 is 2.50 bits per heavy atom. The minimum atomic E-state index is -0.496. The van der Waals surface area contributed by atoms with E-state index >= 15 is 0 Å². The van der Waals surface area contributed by atoms with Crippen molar-refractivity contribution in [2.45, 2.75) is 6.92 Å². The number of hydrogen-bond donors (Lipinski definition) is 2. The van der Waals surface area contributed by atoms with Gasteiger partial charge in [0.05, 0.1) is 10.4 Å². The molecule has 2 N–H and O–H groups in total. The van der Waals surface area contributed by atoms with Gasteiger partial charge >= 0.3 is 5.69 Å². The Bertz CT molecular complexity index is 1170. The summed E-state index contributed by atoms with van der Waals surface area (Å²) >= 11 is 0. The Balaban J connectivity index is 1.76. The number of nitrogens with one attached hydrogen (secondary N) is 2. The molecule has 0 aliphatic rings. The molecule has 0 amide bonds. The van der Waals surface area contributed by atoms with Gasteiger partial charge in [0.1, 0.15) is 6.33 Å². The second-order valence-electron chi connectivity index (χ2n) is 6.17. The molecule has 0 aliphatic carbocycles. The van der Waals surface area contributed by atoms with Gasteiger partial charge in [-0.3, -0.25) is 15.1 Å². The topological polar surface area (TPSA) is 106 Å². The minimum absolute atomic E-state index is 0.103. The summed E-state index contributed by atoms with van der Waals surface area (Å²) in [5, 5.41) is 18.7. The lowest BCUT2D eigenvalue weighted by atomic mass is 10.2. The summed E-state index contributed by atoms with van der Waals surface area (Å²) in [5.41, 5.74) is 2.96. The second kappa shape index (κ2) is 7.28. The lowest BCUT2D eigenvalue weighted by Gasteiger charge is -2.11. The van der Waals surface area contributed by atoms with Gasteiger partial charge in [-0.05, 0) is 48.9 Å². The van der Waals surface area contributed by atoms with E-state index in [4.69, 9.17) is 0 Å². The highest BCUT2D eigenvalue weighted by atomic mass is 16.6. The molecule has 8 nitrogen and oxygen atoms in total. The van der Waals surface area contributed by atoms with Gasteiger partial charge in [0, 0.05) is 23.0 Å². The van der Waals surface area contributed by atoms with Gasteiger partial charge in [0.15, 0.2) is 0 Å². The first-order valence-electron chi connectivity index (χ1n) is 8.55. The number of nitrogens with zero attached hydrogens (tertiary/aromatic N) is 4. The van der Waals surface area contributed by atoms with E-state index < -0.39 is 4.92 Å². The zero-order valence-electron chi connectivity index (χ0n) is 15.0. The Labute approximate surface area is 160 Å². The lowest BCUT2D eigenvalue weighted by molar-refractivity contribution is -0.383. The zero-order valence-corrected chi connectivity index (χ0v) is 15.0. The van der Waals surface area contributed by atoms with Gasteiger partial charge in [-0.2, -0.15) is 0 Å². The molecular weight excluding hydrogens is 356 g/mol. The Morgan fingerprint density at radius 2 is 1.71 bits per heavy atom. The van der Waals surface area contributed by atoms with Crippen LogP contribution in [0.1, 0.15) is 5.56 Å². The fourth-order valence-corrected chi connectivity index (χ4v) is 2.93. The van der Waals surface area contributed by atoms with E-state index in [1.54, 1.807) is 6.20 Å². The van der Waals surface area contributed by atoms with Gasteiger partial charge in [-0.25, -0.2) is 9.97 Å². The van der Waals surface area contributed by atoms with Crippen LogP contribution in [0.25, 0.3) is 10.9 Å². The van der Waals surface area contributed by atoms with E-state index in [1.807, 2.05) is 61.5 Å². The Hall–Kier alpha value is -4.07. The SMILES string of the molecule is Cc1cccc(Nc2ncnc(Nc3cccc4ncccc34)c2[N+](=O)[O-])c1. The highest BCUT2D eigenvalue weighted by Crippen LogP contribution is 2.34. The molecule has 0 atom stereocenters. The van der Waals surface area contributed by atoms with Gasteiger partial charge in [-0.15, -0.1) is 0 Å². The summed E-state index contributed by atoms with van der Waals surface area (Å²) in [7, 11) is 0. The van der Waals surface area contributed by atoms with Crippen LogP contribution in [0, 0.1) is 17.0 Å². The molecule has 0 radical (unpaired) electrons. The highest BCUT2D eigenvalue weighted by Gasteiger charge is 2.23. The normalized spacial score (nSPS) is 10.6. The molecule has 4 rings (SSSR count). The van der Waals surface area contributed by atoms with Crippen molar-refractivity contribution < 1.29 is 4.92 Å². The fraction of sp³-hybridized carbons (Fsp3) is 0.0500. The van der Waals surface area contributed by atoms with E-state index in [1.165, 1.54) is 6.33 Å². The summed E-state index contributed by atoms with van der Waals surface area (Å²) in [4.78, 5) is 23.8. The molecule has 2 heterocycles. The van der Waals surface area contributed by atoms with Crippen molar-refractivity contribution in [1.29, 1.82) is 0 Å². The molecule has 0 bridgehead atoms. The molecule has 4 aromatic rings. The van der Waals surface area contributed by atoms with Crippen LogP contribution in [0.5, 0.6) is 0 Å². The number of aromatic nitrogens is 3. The maximum absolute atomic E-state index is 11.8. The predicted octanol–water partition coefficient (Wildman–Crippen LogP) is 4.73. The van der Waals surface area contributed by atoms with Crippen molar-refractivity contribution in [1.82, 2.24) is 15.0 Å². The van der Waals surface area contributed by atoms with E-state index in [2.05, 4.69) is 25.6 Å². The van der Waals surface area contributed by atoms with E-state index in [0.29, 0.717) is 11.4 Å². The smallest absolute Gasteiger partial charge is 0.334 e. The lowest BCUT2D eigenvalue weighted by Crippen LogP contribution is -2.05. The average Bonchev–Trinajstić information content (AvgIpc) is 2.68. The number of nitro groups is 1. The third-order valence-corrected chi connectivity index (χ3v) is 4.18. The molecule has 2 aromatic carbocycles. The summed E-state index contributed by atoms with van der Waals surface area (Å²) in [6.45, 7) is 1.95. The molecule has 0 spiro atoms.